The molecule has 10 heteroatoms. The van der Waals surface area contributed by atoms with E-state index in [0.29, 0.717) is 25.3 Å². The Kier molecular flexibility index (Phi) is 6.78. The monoisotopic (exact) mass is 525 g/mol. The first-order chi connectivity index (χ1) is 17.7. The Hall–Kier alpha value is -3.27. The summed E-state index contributed by atoms with van der Waals surface area (Å²) in [5.41, 5.74) is 10.8. The molecule has 196 valence electrons. The Bertz CT molecular complexity index is 1430. The molecule has 3 aromatic rings. The van der Waals surface area contributed by atoms with E-state index in [2.05, 4.69) is 28.7 Å². The van der Waals surface area contributed by atoms with Crippen molar-refractivity contribution in [2.45, 2.75) is 51.0 Å². The highest BCUT2D eigenvalue weighted by molar-refractivity contribution is 7.91. The minimum absolute atomic E-state index is 0.0681. The smallest absolute Gasteiger partial charge is 0.182 e. The second-order valence-electron chi connectivity index (χ2n) is 10.5. The van der Waals surface area contributed by atoms with E-state index in [1.165, 1.54) is 11.6 Å². The van der Waals surface area contributed by atoms with Crippen LogP contribution in [-0.2, 0) is 29.2 Å². The minimum Gasteiger partial charge on any atom is -0.491 e. The minimum atomic E-state index is -3.74. The van der Waals surface area contributed by atoms with Crippen molar-refractivity contribution in [2.24, 2.45) is 5.41 Å². The molecule has 0 saturated heterocycles. The van der Waals surface area contributed by atoms with E-state index in [4.69, 9.17) is 15.5 Å². The molecule has 1 aromatic carbocycles. The van der Waals surface area contributed by atoms with Crippen molar-refractivity contribution in [3.63, 3.8) is 0 Å². The van der Waals surface area contributed by atoms with E-state index in [-0.39, 0.29) is 28.3 Å². The van der Waals surface area contributed by atoms with E-state index >= 15 is 0 Å². The van der Waals surface area contributed by atoms with Gasteiger partial charge in [0.05, 0.1) is 19.0 Å². The Balaban J connectivity index is 1.48. The Morgan fingerprint density at radius 3 is 2.81 bits per heavy atom. The number of benzene rings is 1. The molecule has 37 heavy (non-hydrogen) atoms. The van der Waals surface area contributed by atoms with Crippen LogP contribution < -0.4 is 15.4 Å². The van der Waals surface area contributed by atoms with Crippen LogP contribution in [0.15, 0.2) is 41.7 Å². The first kappa shape index (κ1) is 25.4. The van der Waals surface area contributed by atoms with Crippen LogP contribution >= 0.6 is 0 Å². The topological polar surface area (TPSA) is 111 Å². The molecule has 1 aliphatic carbocycles. The first-order valence-electron chi connectivity index (χ1n) is 12.5. The molecule has 0 radical (unpaired) electrons. The third-order valence-electron chi connectivity index (χ3n) is 7.14. The van der Waals surface area contributed by atoms with Gasteiger partial charge in [0.25, 0.3) is 0 Å². The predicted octanol–water partition coefficient (Wildman–Crippen LogP) is 4.17. The number of nitrogens with two attached hydrogens (primary N) is 1. The normalized spacial score (nSPS) is 16.9. The maximum Gasteiger partial charge on any atom is 0.182 e. The van der Waals surface area contributed by atoms with Gasteiger partial charge in [-0.2, -0.15) is 0 Å². The molecular formula is C27H32FN5O3S. The van der Waals surface area contributed by atoms with Crippen molar-refractivity contribution in [1.82, 2.24) is 15.0 Å². The number of sulfone groups is 1. The number of halogens is 1. The van der Waals surface area contributed by atoms with Gasteiger partial charge in [-0.1, -0.05) is 19.9 Å². The zero-order chi connectivity index (χ0) is 26.2. The van der Waals surface area contributed by atoms with Gasteiger partial charge in [-0.3, -0.25) is 4.39 Å². The summed E-state index contributed by atoms with van der Waals surface area (Å²) < 4.78 is 44.1. The number of rotatable bonds is 6. The average Bonchev–Trinajstić information content (AvgIpc) is 3.08. The molecule has 5 rings (SSSR count). The van der Waals surface area contributed by atoms with Gasteiger partial charge in [-0.25, -0.2) is 23.4 Å². The van der Waals surface area contributed by atoms with Crippen LogP contribution in [0.25, 0.3) is 11.1 Å². The summed E-state index contributed by atoms with van der Waals surface area (Å²) in [6, 6.07) is 7.31. The highest BCUT2D eigenvalue weighted by Crippen LogP contribution is 2.39. The largest absolute Gasteiger partial charge is 0.491 e. The Morgan fingerprint density at radius 2 is 2.00 bits per heavy atom. The van der Waals surface area contributed by atoms with Gasteiger partial charge in [0.2, 0.25) is 0 Å². The fourth-order valence-corrected chi connectivity index (χ4v) is 6.49. The van der Waals surface area contributed by atoms with Crippen LogP contribution in [0.3, 0.4) is 0 Å². The number of pyridine rings is 1. The lowest BCUT2D eigenvalue weighted by Crippen LogP contribution is -2.31. The summed E-state index contributed by atoms with van der Waals surface area (Å²) in [6.07, 6.45) is 6.11. The summed E-state index contributed by atoms with van der Waals surface area (Å²) in [7, 11) is -3.74. The number of anilines is 2. The lowest BCUT2D eigenvalue weighted by molar-refractivity contribution is 0.310. The van der Waals surface area contributed by atoms with Crippen LogP contribution in [0.1, 0.15) is 43.5 Å². The maximum atomic E-state index is 12.7. The third kappa shape index (κ3) is 5.25. The van der Waals surface area contributed by atoms with E-state index in [9.17, 15) is 12.8 Å². The molecule has 0 atom stereocenters. The van der Waals surface area contributed by atoms with Gasteiger partial charge < -0.3 is 15.4 Å². The second-order valence-corrected chi connectivity index (χ2v) is 12.6. The zero-order valence-corrected chi connectivity index (χ0v) is 22.0. The molecule has 1 aliphatic heterocycles. The molecule has 0 fully saturated rings. The van der Waals surface area contributed by atoms with Crippen LogP contribution in [0.4, 0.5) is 16.0 Å². The van der Waals surface area contributed by atoms with Crippen molar-refractivity contribution >= 4 is 21.5 Å². The molecule has 3 heterocycles. The van der Waals surface area contributed by atoms with Crippen LogP contribution in [-0.4, -0.2) is 48.9 Å². The van der Waals surface area contributed by atoms with E-state index < -0.39 is 16.5 Å². The van der Waals surface area contributed by atoms with Crippen LogP contribution in [0, 0.1) is 5.41 Å². The number of hydrogen-bond acceptors (Lipinski definition) is 8. The Labute approximate surface area is 217 Å². The van der Waals surface area contributed by atoms with Gasteiger partial charge in [-0.15, -0.1) is 0 Å². The van der Waals surface area contributed by atoms with Crippen LogP contribution in [0.2, 0.25) is 0 Å². The summed E-state index contributed by atoms with van der Waals surface area (Å²) in [5.74, 6) is 1.35. The van der Waals surface area contributed by atoms with Gasteiger partial charge in [0.15, 0.2) is 9.84 Å². The number of fused-ring (bicyclic) bond motifs is 2. The van der Waals surface area contributed by atoms with Gasteiger partial charge >= 0.3 is 0 Å². The third-order valence-corrected chi connectivity index (χ3v) is 8.97. The molecule has 2 N–H and O–H groups in total. The highest BCUT2D eigenvalue weighted by Gasteiger charge is 2.30. The zero-order valence-electron chi connectivity index (χ0n) is 21.2. The summed E-state index contributed by atoms with van der Waals surface area (Å²) in [6.45, 7) is 5.67. The summed E-state index contributed by atoms with van der Waals surface area (Å²) in [5, 5.41) is 0. The van der Waals surface area contributed by atoms with Crippen molar-refractivity contribution in [1.29, 1.82) is 0 Å². The predicted molar refractivity (Wildman–Crippen MR) is 141 cm³/mol. The number of aromatic nitrogens is 3. The molecule has 2 aromatic heterocycles. The molecule has 0 spiro atoms. The van der Waals surface area contributed by atoms with Gasteiger partial charge in [-0.05, 0) is 54.9 Å². The van der Waals surface area contributed by atoms with E-state index in [0.717, 1.165) is 47.7 Å². The van der Waals surface area contributed by atoms with Crippen LogP contribution in [0.5, 0.6) is 5.75 Å². The number of alkyl halides is 1. The Morgan fingerprint density at radius 1 is 1.16 bits per heavy atom. The summed E-state index contributed by atoms with van der Waals surface area (Å²) >= 11 is 0. The molecule has 8 nitrogen and oxygen atoms in total. The number of nitrogen functional groups attached to an aromatic ring is 1. The van der Waals surface area contributed by atoms with Gasteiger partial charge in [0.1, 0.15) is 35.2 Å². The number of ether oxygens (including phenoxy) is 1. The number of aryl methyl sites for hydroxylation is 1. The standard InChI is InChI=1S/C27H32FN5O3S/c1-27(2)7-6-22-21(14-27)26(32-17-31-22)33-9-10-36-23-5-4-18(12-20(23)16-33)19-13-24(25(29)30-15-19)37(34,35)11-3-8-28/h4-5,12-13,15,17H,3,6-11,14,16H2,1-2H3,(H2,29,30). The van der Waals surface area contributed by atoms with Crippen molar-refractivity contribution < 1.29 is 17.5 Å². The van der Waals surface area contributed by atoms with Crippen molar-refractivity contribution in [2.75, 3.05) is 36.2 Å². The van der Waals surface area contributed by atoms with Gasteiger partial charge in [0, 0.05) is 35.1 Å². The second kappa shape index (κ2) is 9.89. The van der Waals surface area contributed by atoms with Crippen molar-refractivity contribution in [3.8, 4) is 16.9 Å². The lowest BCUT2D eigenvalue weighted by Gasteiger charge is -2.33. The number of hydrogen-bond donors (Lipinski definition) is 1. The fourth-order valence-electron chi connectivity index (χ4n) is 5.10. The van der Waals surface area contributed by atoms with E-state index in [1.807, 2.05) is 18.2 Å². The molecule has 0 amide bonds. The van der Waals surface area contributed by atoms with E-state index in [1.54, 1.807) is 12.5 Å². The maximum absolute atomic E-state index is 12.7. The molecular weight excluding hydrogens is 493 g/mol. The molecule has 0 unspecified atom stereocenters. The molecule has 2 aliphatic rings. The average molecular weight is 526 g/mol. The quantitative estimate of drug-likeness (QED) is 0.511. The first-order valence-corrected chi connectivity index (χ1v) is 14.2. The molecule has 0 bridgehead atoms. The summed E-state index contributed by atoms with van der Waals surface area (Å²) in [4.78, 5) is 15.6. The fraction of sp³-hybridized carbons (Fsp3) is 0.444. The molecule has 0 saturated carbocycles. The van der Waals surface area contributed by atoms with Crippen molar-refractivity contribution in [3.05, 3.63) is 53.6 Å². The highest BCUT2D eigenvalue weighted by atomic mass is 32.2. The lowest BCUT2D eigenvalue weighted by atomic mass is 9.76. The SMILES string of the molecule is CC1(C)CCc2ncnc(N3CCOc4ccc(-c5cnc(N)c(S(=O)(=O)CCCF)c5)cc4C3)c2C1. The number of nitrogens with zero attached hydrogens (tertiary/aromatic N) is 4.